The summed E-state index contributed by atoms with van der Waals surface area (Å²) in [6, 6.07) is 16.1. The van der Waals surface area contributed by atoms with Gasteiger partial charge in [-0.2, -0.15) is 5.21 Å². The maximum absolute atomic E-state index is 13.7. The second kappa shape index (κ2) is 12.1. The molecule has 0 radical (unpaired) electrons. The first-order valence-electron chi connectivity index (χ1n) is 12.3. The van der Waals surface area contributed by atoms with Gasteiger partial charge >= 0.3 is 0 Å². The maximum Gasteiger partial charge on any atom is 0.257 e. The van der Waals surface area contributed by atoms with Crippen molar-refractivity contribution in [3.05, 3.63) is 81.5 Å². The molecule has 0 unspecified atom stereocenters. The van der Waals surface area contributed by atoms with Crippen molar-refractivity contribution in [3.63, 3.8) is 0 Å². The Bertz CT molecular complexity index is 1440. The molecule has 0 aliphatic rings. The molecule has 0 saturated heterocycles. The summed E-state index contributed by atoms with van der Waals surface area (Å²) in [4.78, 5) is 18.5. The molecule has 0 aliphatic carbocycles. The van der Waals surface area contributed by atoms with Crippen LogP contribution in [0.4, 0.5) is 0 Å². The highest BCUT2D eigenvalue weighted by Gasteiger charge is 2.20. The number of hydrogen-bond acceptors (Lipinski definition) is 7. The van der Waals surface area contributed by atoms with E-state index in [0.29, 0.717) is 47.1 Å². The summed E-state index contributed by atoms with van der Waals surface area (Å²) in [5.74, 6) is 1.34. The molecule has 0 spiro atoms. The smallest absolute Gasteiger partial charge is 0.257 e. The lowest BCUT2D eigenvalue weighted by atomic mass is 9.98. The van der Waals surface area contributed by atoms with E-state index in [1.54, 1.807) is 4.57 Å². The van der Waals surface area contributed by atoms with Crippen LogP contribution < -0.4 is 5.56 Å². The summed E-state index contributed by atoms with van der Waals surface area (Å²) >= 11 is 0.670. The van der Waals surface area contributed by atoms with Crippen molar-refractivity contribution < 1.29 is 9.13 Å². The third-order valence-corrected chi connectivity index (χ3v) is 7.07. The number of hydrogen-bond donors (Lipinski definition) is 2. The number of nitrogens with one attached hydrogen (secondary N) is 1. The number of nitrogens with zero attached hydrogens (tertiary/aromatic N) is 6. The fraction of sp³-hybridized carbons (Fsp3) is 0.333. The third-order valence-electron chi connectivity index (χ3n) is 6.35. The van der Waals surface area contributed by atoms with Crippen LogP contribution in [-0.2, 0) is 19.4 Å². The summed E-state index contributed by atoms with van der Waals surface area (Å²) in [5, 5.41) is 15.1. The lowest BCUT2D eigenvalue weighted by Crippen LogP contribution is -2.32. The Balaban J connectivity index is 1.69. The highest BCUT2D eigenvalue weighted by Crippen LogP contribution is 2.29. The predicted octanol–water partition coefficient (Wildman–Crippen LogP) is 4.21. The molecule has 0 fully saturated rings. The molecule has 0 saturated carbocycles. The zero-order valence-electron chi connectivity index (χ0n) is 21.6. The number of H-pyrrole nitrogens is 1. The molecule has 0 atom stereocenters. The lowest BCUT2D eigenvalue weighted by Gasteiger charge is -2.16. The van der Waals surface area contributed by atoms with E-state index in [2.05, 4.69) is 27.5 Å². The van der Waals surface area contributed by atoms with Crippen molar-refractivity contribution in [2.45, 2.75) is 46.1 Å². The monoisotopic (exact) mass is 518 g/mol. The average Bonchev–Trinajstić information content (AvgIpc) is 3.44. The minimum absolute atomic E-state index is 0.0569. The van der Waals surface area contributed by atoms with Gasteiger partial charge in [0.05, 0.1) is 25.0 Å². The van der Waals surface area contributed by atoms with Crippen LogP contribution in [0.15, 0.2) is 53.3 Å². The highest BCUT2D eigenvalue weighted by molar-refractivity contribution is 8.08. The molecule has 4 aromatic rings. The van der Waals surface area contributed by atoms with Gasteiger partial charge in [-0.25, -0.2) is 9.56 Å². The van der Waals surface area contributed by atoms with Crippen LogP contribution in [-0.4, -0.2) is 58.4 Å². The van der Waals surface area contributed by atoms with E-state index in [-0.39, 0.29) is 5.56 Å². The summed E-state index contributed by atoms with van der Waals surface area (Å²) in [7, 11) is 3.71. The van der Waals surface area contributed by atoms with E-state index in [0.717, 1.165) is 47.3 Å². The van der Waals surface area contributed by atoms with Crippen LogP contribution >= 0.6 is 12.0 Å². The Morgan fingerprint density at radius 1 is 1.11 bits per heavy atom. The Hall–Kier alpha value is -3.63. The Labute approximate surface area is 220 Å². The van der Waals surface area contributed by atoms with Gasteiger partial charge in [-0.1, -0.05) is 61.9 Å². The zero-order chi connectivity index (χ0) is 26.4. The molecule has 0 amide bonds. The van der Waals surface area contributed by atoms with Crippen LogP contribution in [0.5, 0.6) is 0 Å². The normalized spacial score (nSPS) is 11.1. The number of aromatic amines is 1. The number of aromatic nitrogens is 6. The molecule has 2 N–H and O–H groups in total. The maximum atomic E-state index is 13.7. The molecule has 0 bridgehead atoms. The zero-order valence-corrected chi connectivity index (χ0v) is 22.4. The molecular weight excluding hydrogens is 486 g/mol. The summed E-state index contributed by atoms with van der Waals surface area (Å²) in [6.07, 6.45) is 3.05. The third kappa shape index (κ3) is 6.03. The largest absolute Gasteiger partial charge is 0.321 e. The Kier molecular flexibility index (Phi) is 8.62. The first kappa shape index (κ1) is 26.4. The average molecular weight is 519 g/mol. The Morgan fingerprint density at radius 2 is 1.84 bits per heavy atom. The quantitative estimate of drug-likeness (QED) is 0.148. The molecule has 4 rings (SSSR count). The van der Waals surface area contributed by atoms with Gasteiger partial charge in [0.1, 0.15) is 19.9 Å². The summed E-state index contributed by atoms with van der Waals surface area (Å²) in [6.45, 7) is 4.43. The minimum Gasteiger partial charge on any atom is -0.321 e. The number of benzene rings is 2. The van der Waals surface area contributed by atoms with Crippen LogP contribution in [0.25, 0.3) is 22.5 Å². The molecular formula is C27H32N7O2S+. The fourth-order valence-corrected chi connectivity index (χ4v) is 4.62. The molecule has 37 heavy (non-hydrogen) atoms. The molecule has 192 valence electrons. The SMILES string of the molecule is CCCCc1nc(C)c(CC(SO)=[N+](C)C)c(=O)n1Cc1ccc(-c2ccccc2-c2nn[nH]n2)cc1. The molecule has 2 aromatic carbocycles. The lowest BCUT2D eigenvalue weighted by molar-refractivity contribution is -0.462. The summed E-state index contributed by atoms with van der Waals surface area (Å²) in [5.41, 5.74) is 5.19. The van der Waals surface area contributed by atoms with E-state index in [1.165, 1.54) is 0 Å². The van der Waals surface area contributed by atoms with E-state index < -0.39 is 0 Å². The minimum atomic E-state index is -0.0569. The van der Waals surface area contributed by atoms with Gasteiger partial charge in [0.15, 0.2) is 0 Å². The van der Waals surface area contributed by atoms with Crippen molar-refractivity contribution in [1.29, 1.82) is 0 Å². The van der Waals surface area contributed by atoms with Gasteiger partial charge in [-0.15, -0.1) is 10.2 Å². The number of aryl methyl sites for hydroxylation is 2. The standard InChI is InChI=1S/C27H31N7O2S/c1-5-6-11-24-28-18(2)23(16-25(37-36)33(3)4)27(35)34(24)17-19-12-14-20(15-13-19)21-9-7-8-10-22(21)26-29-31-32-30-26/h7-10,12-15H,5-6,11,16-17H2,1-4H3,(H-,29,30,31,32,36)/p+1. The second-order valence-electron chi connectivity index (χ2n) is 9.12. The number of unbranched alkanes of at least 4 members (excludes halogenated alkanes) is 1. The van der Waals surface area contributed by atoms with E-state index in [4.69, 9.17) is 4.98 Å². The van der Waals surface area contributed by atoms with Crippen molar-refractivity contribution in [2.24, 2.45) is 0 Å². The predicted molar refractivity (Wildman–Crippen MR) is 147 cm³/mol. The van der Waals surface area contributed by atoms with Gasteiger partial charge in [0.2, 0.25) is 10.9 Å². The first-order chi connectivity index (χ1) is 17.9. The highest BCUT2D eigenvalue weighted by atomic mass is 32.2. The van der Waals surface area contributed by atoms with E-state index in [1.807, 2.05) is 74.1 Å². The van der Waals surface area contributed by atoms with Crippen LogP contribution in [0.1, 0.15) is 42.4 Å². The second-order valence-corrected chi connectivity index (χ2v) is 9.77. The number of rotatable bonds is 9. The molecule has 10 heteroatoms. The van der Waals surface area contributed by atoms with E-state index >= 15 is 0 Å². The van der Waals surface area contributed by atoms with Gasteiger partial charge in [0.25, 0.3) is 5.56 Å². The molecule has 2 heterocycles. The molecule has 0 aliphatic heterocycles. The fourth-order valence-electron chi connectivity index (χ4n) is 4.25. The Morgan fingerprint density at radius 3 is 2.46 bits per heavy atom. The van der Waals surface area contributed by atoms with Gasteiger partial charge in [-0.3, -0.25) is 9.36 Å². The number of tetrazole rings is 1. The molecule has 9 nitrogen and oxygen atoms in total. The van der Waals surface area contributed by atoms with Crippen LogP contribution in [0.3, 0.4) is 0 Å². The van der Waals surface area contributed by atoms with Crippen LogP contribution in [0.2, 0.25) is 0 Å². The van der Waals surface area contributed by atoms with E-state index in [9.17, 15) is 9.35 Å². The van der Waals surface area contributed by atoms with Crippen molar-refractivity contribution in [3.8, 4) is 22.5 Å². The van der Waals surface area contributed by atoms with Gasteiger partial charge < -0.3 is 4.55 Å². The summed E-state index contributed by atoms with van der Waals surface area (Å²) < 4.78 is 13.3. The van der Waals surface area contributed by atoms with Crippen molar-refractivity contribution in [1.82, 2.24) is 30.2 Å². The van der Waals surface area contributed by atoms with Crippen LogP contribution in [0, 0.1) is 6.92 Å². The van der Waals surface area contributed by atoms with Crippen molar-refractivity contribution >= 4 is 17.1 Å². The van der Waals surface area contributed by atoms with Crippen molar-refractivity contribution in [2.75, 3.05) is 14.1 Å². The van der Waals surface area contributed by atoms with Gasteiger partial charge in [-0.05, 0) is 35.2 Å². The molecule has 2 aromatic heterocycles. The first-order valence-corrected chi connectivity index (χ1v) is 13.1. The van der Waals surface area contributed by atoms with Gasteiger partial charge in [0, 0.05) is 23.2 Å². The topological polar surface area (TPSA) is 113 Å².